The second-order valence-corrected chi connectivity index (χ2v) is 112. The fraction of sp³-hybridized carbons (Fsp3) is 1.00. The van der Waals surface area contributed by atoms with Gasteiger partial charge in [-0.3, -0.25) is 0 Å². The van der Waals surface area contributed by atoms with Crippen molar-refractivity contribution in [2.45, 2.75) is 25.8 Å². The van der Waals surface area contributed by atoms with Gasteiger partial charge in [-0.1, -0.05) is 86.2 Å². The zero-order valence-corrected chi connectivity index (χ0v) is 25.7. The van der Waals surface area contributed by atoms with E-state index in [0.717, 1.165) is 0 Å². The van der Waals surface area contributed by atoms with E-state index in [1.165, 1.54) is 0 Å². The van der Waals surface area contributed by atoms with Gasteiger partial charge in [0, 0.05) is 0 Å². The van der Waals surface area contributed by atoms with E-state index in [4.69, 9.17) is 0 Å². The Bertz CT molecular complexity index is 190. The highest BCUT2D eigenvalue weighted by atomic mass is 127. The first kappa shape index (κ1) is 19.8. The maximum atomic E-state index is 2.86. The zero-order chi connectivity index (χ0) is 12.0. The molecule has 10 heteroatoms. The van der Waals surface area contributed by atoms with Crippen LogP contribution in [0.4, 0.5) is 0 Å². The molecule has 0 radical (unpaired) electrons. The summed E-state index contributed by atoms with van der Waals surface area (Å²) in [6.45, 7) is 7.30. The number of hydrogen-bond acceptors (Lipinski definition) is 0. The maximum absolute atomic E-state index is 2.86. The number of hydrogen-bond donors (Lipinski definition) is 0. The van der Waals surface area contributed by atoms with E-state index in [2.05, 4.69) is 173 Å². The maximum Gasteiger partial charge on any atom is 0.263 e. The van der Waals surface area contributed by atoms with Crippen molar-refractivity contribution in [3.8, 4) is 0 Å². The van der Waals surface area contributed by atoms with Crippen molar-refractivity contribution in [3.63, 3.8) is 0 Å². The summed E-state index contributed by atoms with van der Waals surface area (Å²) in [4.78, 5) is 0. The van der Waals surface area contributed by atoms with E-state index in [-0.39, 0.29) is 0 Å². The van der Waals surface area contributed by atoms with E-state index in [0.29, 0.717) is 5.04 Å². The van der Waals surface area contributed by atoms with Gasteiger partial charge in [0.15, 0.2) is 0 Å². The standard InChI is InChI=1S/C4H9I7Si3/c1-4(2,3)12(5,6)14(10,11)13(7,8)9/h1-3H3. The molecule has 0 saturated carbocycles. The van der Waals surface area contributed by atoms with Crippen LogP contribution in [0, 0.1) is 0 Å². The number of halogens is 7. The summed E-state index contributed by atoms with van der Waals surface area (Å²) in [5.74, 6) is 0. The lowest BCUT2D eigenvalue weighted by Crippen LogP contribution is -2.61. The molecule has 14 heavy (non-hydrogen) atoms. The molecule has 0 rings (SSSR count). The molecule has 0 heterocycles. The van der Waals surface area contributed by atoms with Gasteiger partial charge in [-0.25, -0.2) is 0 Å². The monoisotopic (exact) mass is 1030 g/mol. The molecule has 0 aliphatic carbocycles. The third-order valence-corrected chi connectivity index (χ3v) is 210. The minimum Gasteiger partial charge on any atom is -0.107 e. The minimum atomic E-state index is -1.18. The molecular weight excluding hydrogens is 1020 g/mol. The van der Waals surface area contributed by atoms with Crippen LogP contribution in [0.15, 0.2) is 0 Å². The first-order valence-corrected chi connectivity index (χ1v) is 33.4. The van der Waals surface area contributed by atoms with Gasteiger partial charge in [-0.05, 0) is 5.04 Å². The molecule has 0 nitrogen and oxygen atoms in total. The molecule has 0 fully saturated rings. The fourth-order valence-electron chi connectivity index (χ4n) is 0.649. The third kappa shape index (κ3) is 4.65. The quantitative estimate of drug-likeness (QED) is 0.162. The first-order chi connectivity index (χ1) is 5.75. The van der Waals surface area contributed by atoms with Crippen molar-refractivity contribution >= 4 is 157 Å². The van der Waals surface area contributed by atoms with E-state index in [1.807, 2.05) is 0 Å². The summed E-state index contributed by atoms with van der Waals surface area (Å²) in [5, 5.41) is 0.516. The SMILES string of the molecule is CC(C)(C)[Si](I)(I)[Si](I)(I)[Si](I)(I)I. The van der Waals surface area contributed by atoms with Gasteiger partial charge < -0.3 is 0 Å². The summed E-state index contributed by atoms with van der Waals surface area (Å²) in [6, 6.07) is 0. The van der Waals surface area contributed by atoms with Gasteiger partial charge in [0.05, 0.1) is 0 Å². The Morgan fingerprint density at radius 2 is 1.00 bits per heavy atom. The van der Waals surface area contributed by atoms with Gasteiger partial charge in [0.25, 0.3) is 0.0813 Å². The molecule has 0 amide bonds. The molecule has 0 aromatic carbocycles. The normalized spacial score (nSPS) is 15.9. The van der Waals surface area contributed by atoms with E-state index in [9.17, 15) is 0 Å². The lowest BCUT2D eigenvalue weighted by molar-refractivity contribution is 0.759. The smallest absolute Gasteiger partial charge is 0.107 e. The summed E-state index contributed by atoms with van der Waals surface area (Å²) in [7, 11) is 0. The molecular formula is C4H9I7Si3. The fourth-order valence-corrected chi connectivity index (χ4v) is 165. The Labute approximate surface area is 178 Å². The molecule has 0 N–H and O–H groups in total. The lowest BCUT2D eigenvalue weighted by atomic mass is 10.3. The Kier molecular flexibility index (Phi) is 9.43. The average molecular weight is 1030 g/mol. The van der Waals surface area contributed by atoms with Gasteiger partial charge in [0.2, 0.25) is 4.69 Å². The largest absolute Gasteiger partial charge is 0.263 e. The molecule has 0 aromatic rings. The first-order valence-electron chi connectivity index (χ1n) is 3.57. The molecule has 86 valence electrons. The summed E-state index contributed by atoms with van der Waals surface area (Å²) >= 11 is 19.7. The summed E-state index contributed by atoms with van der Waals surface area (Å²) in [5.41, 5.74) is 0. The Balaban J connectivity index is 5.30. The van der Waals surface area contributed by atoms with Crippen LogP contribution in [0.1, 0.15) is 20.8 Å². The van der Waals surface area contributed by atoms with Crippen molar-refractivity contribution in [1.29, 1.82) is 0 Å². The molecule has 0 aliphatic rings. The van der Waals surface area contributed by atoms with Gasteiger partial charge >= 0.3 is 0 Å². The Morgan fingerprint density at radius 3 is 1.07 bits per heavy atom. The van der Waals surface area contributed by atoms with Crippen molar-refractivity contribution in [2.75, 3.05) is 0 Å². The van der Waals surface area contributed by atoms with Crippen LogP contribution in [0.3, 0.4) is 0 Å². The van der Waals surface area contributed by atoms with Gasteiger partial charge in [-0.2, -0.15) is 0 Å². The van der Waals surface area contributed by atoms with Crippen molar-refractivity contribution < 1.29 is 0 Å². The Morgan fingerprint density at radius 1 is 0.714 bits per heavy atom. The molecule has 0 aromatic heterocycles. The van der Waals surface area contributed by atoms with Crippen LogP contribution in [-0.2, 0) is 0 Å². The predicted molar refractivity (Wildman–Crippen MR) is 135 cm³/mol. The average Bonchev–Trinajstić information content (AvgIpc) is 1.81. The van der Waals surface area contributed by atoms with Crippen LogP contribution in [0.5, 0.6) is 0 Å². The molecule has 0 unspecified atom stereocenters. The highest BCUT2D eigenvalue weighted by molar-refractivity contribution is 14.4. The van der Waals surface area contributed by atoms with Crippen LogP contribution < -0.4 is 0 Å². The molecule has 0 aliphatic heterocycles. The van der Waals surface area contributed by atoms with Crippen molar-refractivity contribution in [2.24, 2.45) is 0 Å². The van der Waals surface area contributed by atoms with E-state index in [1.54, 1.807) is 0 Å². The third-order valence-electron chi connectivity index (χ3n) is 1.69. The van der Waals surface area contributed by atoms with E-state index >= 15 is 0 Å². The molecule has 0 atom stereocenters. The zero-order valence-electron chi connectivity index (χ0n) is 7.65. The lowest BCUT2D eigenvalue weighted by Gasteiger charge is -2.43. The minimum absolute atomic E-state index is 0.516. The second kappa shape index (κ2) is 6.68. The number of rotatable bonds is 2. The van der Waals surface area contributed by atoms with Gasteiger partial charge in [-0.15, -0.1) is 87.2 Å². The van der Waals surface area contributed by atoms with Gasteiger partial charge in [0.1, 0.15) is 0 Å². The Hall–Kier alpha value is 5.76. The summed E-state index contributed by atoms with van der Waals surface area (Å²) < 4.78 is -3.35. The van der Waals surface area contributed by atoms with E-state index < -0.39 is 4.77 Å². The van der Waals surface area contributed by atoms with Crippen molar-refractivity contribution in [1.82, 2.24) is 0 Å². The van der Waals surface area contributed by atoms with Crippen molar-refractivity contribution in [3.05, 3.63) is 0 Å². The summed E-state index contributed by atoms with van der Waals surface area (Å²) in [6.07, 6.45) is 0. The highest BCUT2D eigenvalue weighted by Crippen LogP contribution is 2.62. The van der Waals surface area contributed by atoms with Crippen LogP contribution in [-0.4, -0.2) is 4.77 Å². The van der Waals surface area contributed by atoms with Crippen LogP contribution >= 0.6 is 153 Å². The molecule has 0 bridgehead atoms. The second-order valence-electron chi connectivity index (χ2n) is 3.90. The van der Waals surface area contributed by atoms with Crippen LogP contribution in [0.25, 0.3) is 0 Å². The topological polar surface area (TPSA) is 0 Å². The predicted octanol–water partition coefficient (Wildman–Crippen LogP) is 6.81. The molecule has 0 spiro atoms. The van der Waals surface area contributed by atoms with Crippen LogP contribution in [0.2, 0.25) is 5.04 Å². The highest BCUT2D eigenvalue weighted by Gasteiger charge is 2.66. The molecule has 0 saturated heterocycles.